The first-order valence-corrected chi connectivity index (χ1v) is 10.4. The minimum absolute atomic E-state index is 0.0434. The summed E-state index contributed by atoms with van der Waals surface area (Å²) in [6.07, 6.45) is 0. The summed E-state index contributed by atoms with van der Waals surface area (Å²) >= 11 is 0. The number of ether oxygens (including phenoxy) is 2. The Morgan fingerprint density at radius 1 is 0.848 bits per heavy atom. The Balaban J connectivity index is 1.59. The fraction of sp³-hybridized carbons (Fsp3) is 0.160. The van der Waals surface area contributed by atoms with Crippen LogP contribution in [0.5, 0.6) is 5.75 Å². The zero-order chi connectivity index (χ0) is 23.0. The van der Waals surface area contributed by atoms with E-state index in [4.69, 9.17) is 14.5 Å². The maximum Gasteiger partial charge on any atom is 0.246 e. The largest absolute Gasteiger partial charge is 0.494 e. The standard InChI is InChI=1S/C25H25N5O3/c1-32-16-22(31)26-15-17-11-13-19(14-12-17)28-25-29-23-20(9-6-10-21(23)33-2)24(30-25)27-18-7-4-3-5-8-18/h3-14H,15-16H2,1-2H3,(H,26,31)(H2,27,28,29,30). The van der Waals surface area contributed by atoms with Crippen molar-refractivity contribution in [2.75, 3.05) is 31.5 Å². The normalized spacial score (nSPS) is 10.6. The van der Waals surface area contributed by atoms with E-state index in [1.54, 1.807) is 7.11 Å². The lowest BCUT2D eigenvalue weighted by Gasteiger charge is -2.14. The number of fused-ring (bicyclic) bond motifs is 1. The third-order valence-electron chi connectivity index (χ3n) is 4.92. The van der Waals surface area contributed by atoms with E-state index in [2.05, 4.69) is 20.9 Å². The van der Waals surface area contributed by atoms with Gasteiger partial charge in [0.1, 0.15) is 23.7 Å². The van der Waals surface area contributed by atoms with Gasteiger partial charge in [-0.05, 0) is 42.0 Å². The van der Waals surface area contributed by atoms with Crippen LogP contribution in [0.3, 0.4) is 0 Å². The summed E-state index contributed by atoms with van der Waals surface area (Å²) < 4.78 is 10.3. The van der Waals surface area contributed by atoms with Crippen LogP contribution in [0.2, 0.25) is 0 Å². The van der Waals surface area contributed by atoms with Gasteiger partial charge >= 0.3 is 0 Å². The van der Waals surface area contributed by atoms with Crippen molar-refractivity contribution < 1.29 is 14.3 Å². The number of methoxy groups -OCH3 is 2. The number of carbonyl (C=O) groups excluding carboxylic acids is 1. The first-order valence-electron chi connectivity index (χ1n) is 10.4. The number of hydrogen-bond acceptors (Lipinski definition) is 7. The van der Waals surface area contributed by atoms with Gasteiger partial charge in [0.2, 0.25) is 11.9 Å². The number of nitrogens with zero attached hydrogens (tertiary/aromatic N) is 2. The van der Waals surface area contributed by atoms with Crippen LogP contribution in [-0.2, 0) is 16.1 Å². The molecular weight excluding hydrogens is 418 g/mol. The molecule has 1 aromatic heterocycles. The van der Waals surface area contributed by atoms with Crippen LogP contribution in [0, 0.1) is 0 Å². The lowest BCUT2D eigenvalue weighted by molar-refractivity contribution is -0.124. The molecule has 1 heterocycles. The molecule has 3 aromatic carbocycles. The van der Waals surface area contributed by atoms with Gasteiger partial charge in [0.05, 0.1) is 7.11 Å². The van der Waals surface area contributed by atoms with Gasteiger partial charge in [0.15, 0.2) is 0 Å². The van der Waals surface area contributed by atoms with E-state index < -0.39 is 0 Å². The second-order valence-electron chi connectivity index (χ2n) is 7.27. The minimum Gasteiger partial charge on any atom is -0.494 e. The number of para-hydroxylation sites is 2. The lowest BCUT2D eigenvalue weighted by atomic mass is 10.2. The van der Waals surface area contributed by atoms with E-state index in [-0.39, 0.29) is 12.5 Å². The number of nitrogens with one attached hydrogen (secondary N) is 3. The average Bonchev–Trinajstić information content (AvgIpc) is 2.84. The fourth-order valence-corrected chi connectivity index (χ4v) is 3.32. The number of anilines is 4. The molecule has 0 unspecified atom stereocenters. The van der Waals surface area contributed by atoms with Crippen LogP contribution in [-0.4, -0.2) is 36.7 Å². The summed E-state index contributed by atoms with van der Waals surface area (Å²) in [6.45, 7) is 0.471. The molecule has 4 aromatic rings. The summed E-state index contributed by atoms with van der Waals surface area (Å²) in [5, 5.41) is 10.3. The molecule has 0 atom stereocenters. The summed E-state index contributed by atoms with van der Waals surface area (Å²) in [6, 6.07) is 23.3. The fourth-order valence-electron chi connectivity index (χ4n) is 3.32. The summed E-state index contributed by atoms with van der Waals surface area (Å²) in [5.41, 5.74) is 3.42. The van der Waals surface area contributed by atoms with Crippen LogP contribution in [0.25, 0.3) is 10.9 Å². The highest BCUT2D eigenvalue weighted by Crippen LogP contribution is 2.31. The molecule has 0 bridgehead atoms. The van der Waals surface area contributed by atoms with Gasteiger partial charge in [-0.2, -0.15) is 4.98 Å². The molecule has 0 radical (unpaired) electrons. The molecule has 4 rings (SSSR count). The molecule has 0 aliphatic rings. The van der Waals surface area contributed by atoms with E-state index >= 15 is 0 Å². The van der Waals surface area contributed by atoms with Gasteiger partial charge in [0.25, 0.3) is 0 Å². The predicted molar refractivity (Wildman–Crippen MR) is 129 cm³/mol. The monoisotopic (exact) mass is 443 g/mol. The summed E-state index contributed by atoms with van der Waals surface area (Å²) in [4.78, 5) is 21.0. The average molecular weight is 444 g/mol. The summed E-state index contributed by atoms with van der Waals surface area (Å²) in [5.74, 6) is 1.62. The van der Waals surface area contributed by atoms with Crippen LogP contribution in [0.15, 0.2) is 72.8 Å². The molecule has 0 saturated carbocycles. The van der Waals surface area contributed by atoms with Gasteiger partial charge < -0.3 is 25.4 Å². The van der Waals surface area contributed by atoms with E-state index in [0.717, 1.165) is 22.3 Å². The quantitative estimate of drug-likeness (QED) is 0.353. The maximum absolute atomic E-state index is 11.6. The molecule has 8 heteroatoms. The third-order valence-corrected chi connectivity index (χ3v) is 4.92. The molecule has 0 fully saturated rings. The van der Waals surface area contributed by atoms with Crippen LogP contribution in [0.4, 0.5) is 23.1 Å². The lowest BCUT2D eigenvalue weighted by Crippen LogP contribution is -2.26. The number of amides is 1. The molecule has 3 N–H and O–H groups in total. The first kappa shape index (κ1) is 22.0. The second-order valence-corrected chi connectivity index (χ2v) is 7.27. The van der Waals surface area contributed by atoms with Crippen molar-refractivity contribution in [2.24, 2.45) is 0 Å². The van der Waals surface area contributed by atoms with Gasteiger partial charge in [-0.3, -0.25) is 4.79 Å². The van der Waals surface area contributed by atoms with Crippen molar-refractivity contribution in [1.82, 2.24) is 15.3 Å². The molecule has 168 valence electrons. The second kappa shape index (κ2) is 10.4. The summed E-state index contributed by atoms with van der Waals surface area (Å²) in [7, 11) is 3.11. The molecule has 8 nitrogen and oxygen atoms in total. The highest BCUT2D eigenvalue weighted by molar-refractivity contribution is 5.95. The van der Waals surface area contributed by atoms with E-state index in [9.17, 15) is 4.79 Å². The molecule has 1 amide bonds. The number of benzene rings is 3. The predicted octanol–water partition coefficient (Wildman–Crippen LogP) is 4.39. The first-order chi connectivity index (χ1) is 16.2. The van der Waals surface area contributed by atoms with E-state index in [0.29, 0.717) is 29.6 Å². The Morgan fingerprint density at radius 3 is 2.33 bits per heavy atom. The van der Waals surface area contributed by atoms with Crippen molar-refractivity contribution >= 4 is 40.0 Å². The maximum atomic E-state index is 11.6. The van der Waals surface area contributed by atoms with Gasteiger partial charge in [-0.15, -0.1) is 0 Å². The van der Waals surface area contributed by atoms with Crippen LogP contribution < -0.4 is 20.7 Å². The van der Waals surface area contributed by atoms with Gasteiger partial charge in [0, 0.05) is 30.4 Å². The topological polar surface area (TPSA) is 97.4 Å². The molecule has 0 aliphatic heterocycles. The van der Waals surface area contributed by atoms with Crippen molar-refractivity contribution in [3.63, 3.8) is 0 Å². The number of aromatic nitrogens is 2. The Kier molecular flexibility index (Phi) is 6.96. The number of carbonyl (C=O) groups is 1. The Morgan fingerprint density at radius 2 is 1.61 bits per heavy atom. The van der Waals surface area contributed by atoms with Crippen molar-refractivity contribution in [3.8, 4) is 5.75 Å². The van der Waals surface area contributed by atoms with Gasteiger partial charge in [-0.1, -0.05) is 36.4 Å². The van der Waals surface area contributed by atoms with Gasteiger partial charge in [-0.25, -0.2) is 4.98 Å². The third kappa shape index (κ3) is 5.55. The molecular formula is C25H25N5O3. The Labute approximate surface area is 192 Å². The van der Waals surface area contributed by atoms with E-state index in [1.165, 1.54) is 7.11 Å². The van der Waals surface area contributed by atoms with Crippen molar-refractivity contribution in [2.45, 2.75) is 6.54 Å². The van der Waals surface area contributed by atoms with E-state index in [1.807, 2.05) is 72.8 Å². The molecule has 33 heavy (non-hydrogen) atoms. The SMILES string of the molecule is COCC(=O)NCc1ccc(Nc2nc(Nc3ccccc3)c3cccc(OC)c3n2)cc1. The Bertz CT molecular complexity index is 1230. The number of hydrogen-bond donors (Lipinski definition) is 3. The highest BCUT2D eigenvalue weighted by atomic mass is 16.5. The minimum atomic E-state index is -0.156. The zero-order valence-electron chi connectivity index (χ0n) is 18.5. The van der Waals surface area contributed by atoms with Crippen molar-refractivity contribution in [1.29, 1.82) is 0 Å². The highest BCUT2D eigenvalue weighted by Gasteiger charge is 2.12. The molecule has 0 aliphatic carbocycles. The Hall–Kier alpha value is -4.17. The van der Waals surface area contributed by atoms with Crippen LogP contribution >= 0.6 is 0 Å². The smallest absolute Gasteiger partial charge is 0.246 e. The molecule has 0 saturated heterocycles. The zero-order valence-corrected chi connectivity index (χ0v) is 18.5. The van der Waals surface area contributed by atoms with Crippen molar-refractivity contribution in [3.05, 3.63) is 78.4 Å². The van der Waals surface area contributed by atoms with Crippen LogP contribution in [0.1, 0.15) is 5.56 Å². The molecule has 0 spiro atoms. The number of rotatable bonds is 9.